The average Bonchev–Trinajstić information content (AvgIpc) is 3.45. The van der Waals surface area contributed by atoms with Gasteiger partial charge in [0.25, 0.3) is 0 Å². The minimum Gasteiger partial charge on any atom is -0.498 e. The highest BCUT2D eigenvalue weighted by Crippen LogP contribution is 2.57. The van der Waals surface area contributed by atoms with Crippen molar-refractivity contribution >= 4 is 5.78 Å². The highest BCUT2D eigenvalue weighted by molar-refractivity contribution is 6.07. The molecule has 5 aliphatic rings. The summed E-state index contributed by atoms with van der Waals surface area (Å²) in [6.07, 6.45) is 6.52. The molecule has 0 saturated carbocycles. The van der Waals surface area contributed by atoms with Crippen molar-refractivity contribution in [1.82, 2.24) is 10.4 Å². The molecule has 4 heterocycles. The zero-order valence-electron chi connectivity index (χ0n) is 16.0. The van der Waals surface area contributed by atoms with Crippen molar-refractivity contribution in [3.05, 3.63) is 23.2 Å². The van der Waals surface area contributed by atoms with Gasteiger partial charge in [0, 0.05) is 12.5 Å². The molecule has 1 spiro atoms. The molecule has 0 aromatic heterocycles. The largest absolute Gasteiger partial charge is 0.498 e. The summed E-state index contributed by atoms with van der Waals surface area (Å²) in [7, 11) is 1.63. The maximum Gasteiger partial charge on any atom is 0.206 e. The number of hydrogen-bond acceptors (Lipinski definition) is 7. The van der Waals surface area contributed by atoms with Gasteiger partial charge in [-0.15, -0.1) is 5.48 Å². The normalized spacial score (nSPS) is 40.2. The van der Waals surface area contributed by atoms with E-state index in [1.54, 1.807) is 7.11 Å². The summed E-state index contributed by atoms with van der Waals surface area (Å²) in [5.74, 6) is 1.36. The molecule has 148 valence electrons. The van der Waals surface area contributed by atoms with Crippen LogP contribution in [0.1, 0.15) is 39.0 Å². The molecule has 0 radical (unpaired) electrons. The first-order valence-electron chi connectivity index (χ1n) is 10.2. The molecule has 5 atom stereocenters. The molecule has 7 nitrogen and oxygen atoms in total. The Morgan fingerprint density at radius 2 is 2.19 bits per heavy atom. The van der Waals surface area contributed by atoms with Gasteiger partial charge < -0.3 is 19.0 Å². The molecule has 2 saturated heterocycles. The quantitative estimate of drug-likeness (QED) is 0.707. The topological polar surface area (TPSA) is 69.3 Å². The summed E-state index contributed by atoms with van der Waals surface area (Å²) < 4.78 is 17.9. The van der Waals surface area contributed by atoms with Crippen LogP contribution in [0, 0.1) is 5.92 Å². The van der Waals surface area contributed by atoms with E-state index in [4.69, 9.17) is 19.0 Å². The van der Waals surface area contributed by atoms with Gasteiger partial charge in [0.05, 0.1) is 24.8 Å². The number of fused-ring (bicyclic) bond motifs is 1. The van der Waals surface area contributed by atoms with Crippen molar-refractivity contribution in [2.24, 2.45) is 5.92 Å². The second-order valence-electron chi connectivity index (χ2n) is 8.09. The van der Waals surface area contributed by atoms with E-state index in [1.807, 2.05) is 6.08 Å². The van der Waals surface area contributed by atoms with E-state index in [0.717, 1.165) is 38.1 Å². The van der Waals surface area contributed by atoms with E-state index in [9.17, 15) is 4.79 Å². The van der Waals surface area contributed by atoms with Crippen LogP contribution in [0.4, 0.5) is 0 Å². The number of hydroxylamine groups is 1. The number of carbonyl (C=O) groups excluding carboxylic acids is 1. The van der Waals surface area contributed by atoms with E-state index in [0.29, 0.717) is 17.9 Å². The maximum absolute atomic E-state index is 13.7. The first-order chi connectivity index (χ1) is 13.2. The molecule has 4 aliphatic heterocycles. The van der Waals surface area contributed by atoms with Gasteiger partial charge in [-0.1, -0.05) is 13.3 Å². The van der Waals surface area contributed by atoms with E-state index >= 15 is 0 Å². The van der Waals surface area contributed by atoms with E-state index in [-0.39, 0.29) is 23.8 Å². The molecule has 7 heteroatoms. The Kier molecular flexibility index (Phi) is 4.31. The van der Waals surface area contributed by atoms with Crippen LogP contribution in [0.5, 0.6) is 0 Å². The summed E-state index contributed by atoms with van der Waals surface area (Å²) in [5, 5.41) is 0. The number of nitrogens with zero attached hydrogens (tertiary/aromatic N) is 1. The van der Waals surface area contributed by atoms with Crippen LogP contribution in [0.15, 0.2) is 23.2 Å². The number of ketones is 1. The number of carbonyl (C=O) groups is 1. The smallest absolute Gasteiger partial charge is 0.206 e. The number of likely N-dealkylation sites (tertiary alicyclic amines) is 1. The number of unbranched alkanes of at least 4 members (excludes halogenated alkanes) is 1. The van der Waals surface area contributed by atoms with Crippen molar-refractivity contribution < 1.29 is 23.8 Å². The summed E-state index contributed by atoms with van der Waals surface area (Å²) in [6.45, 7) is 4.74. The van der Waals surface area contributed by atoms with Crippen LogP contribution in [-0.2, 0) is 23.8 Å². The van der Waals surface area contributed by atoms with Gasteiger partial charge in [-0.25, -0.2) is 0 Å². The Hall–Kier alpha value is -1.41. The summed E-state index contributed by atoms with van der Waals surface area (Å²) in [4.78, 5) is 22.1. The van der Waals surface area contributed by atoms with Gasteiger partial charge in [-0.05, 0) is 44.8 Å². The predicted octanol–water partition coefficient (Wildman–Crippen LogP) is 1.65. The van der Waals surface area contributed by atoms with Crippen LogP contribution < -0.4 is 5.48 Å². The van der Waals surface area contributed by atoms with Crippen LogP contribution in [0.25, 0.3) is 0 Å². The predicted molar refractivity (Wildman–Crippen MR) is 96.3 cm³/mol. The molecular weight excluding hydrogens is 348 g/mol. The molecule has 0 aromatic carbocycles. The molecule has 2 bridgehead atoms. The van der Waals surface area contributed by atoms with Gasteiger partial charge in [0.2, 0.25) is 5.78 Å². The first-order valence-corrected chi connectivity index (χ1v) is 10.2. The molecule has 2 fully saturated rings. The molecule has 1 aliphatic carbocycles. The monoisotopic (exact) mass is 376 g/mol. The van der Waals surface area contributed by atoms with Crippen LogP contribution in [0.3, 0.4) is 0 Å². The van der Waals surface area contributed by atoms with Crippen molar-refractivity contribution in [3.8, 4) is 0 Å². The number of Topliss-reactive ketones (excluding diaryl/α,β-unsaturated/α-hetero) is 1. The molecule has 1 N–H and O–H groups in total. The zero-order valence-corrected chi connectivity index (χ0v) is 16.0. The highest BCUT2D eigenvalue weighted by atomic mass is 16.7. The number of nitrogens with one attached hydrogen (secondary N) is 1. The van der Waals surface area contributed by atoms with Crippen LogP contribution in [-0.4, -0.2) is 61.5 Å². The molecular formula is C20H28N2O5. The van der Waals surface area contributed by atoms with Crippen molar-refractivity contribution in [2.45, 2.75) is 63.0 Å². The van der Waals surface area contributed by atoms with Gasteiger partial charge in [-0.2, -0.15) is 0 Å². The standard InChI is InChI=1S/C20H28N2O5/c1-3-4-9-25-19-15-17(27-21-19)16(22-7-5-6-8-22)13-10-12-11-14(24-2)20(13,26-12)18(15)23/h11-13,16,19,21H,3-10H2,1-2H3/t12-,13?,16+,19?,20+/m1/s1. The SMILES string of the molecule is CCCCOC1NOC2=C1C(=O)[C@@]13O[C@@H](C=C1OC)CC3[C@@H]2N1CCCC1. The first kappa shape index (κ1) is 17.7. The Balaban J connectivity index is 1.56. The fraction of sp³-hybridized carbons (Fsp3) is 0.750. The second-order valence-corrected chi connectivity index (χ2v) is 8.09. The summed E-state index contributed by atoms with van der Waals surface area (Å²) in [5.41, 5.74) is 2.53. The third-order valence-electron chi connectivity index (χ3n) is 6.62. The van der Waals surface area contributed by atoms with Crippen LogP contribution >= 0.6 is 0 Å². The number of ether oxygens (including phenoxy) is 3. The number of methoxy groups -OCH3 is 1. The van der Waals surface area contributed by atoms with Gasteiger partial charge in [0.15, 0.2) is 17.6 Å². The number of rotatable bonds is 6. The lowest BCUT2D eigenvalue weighted by Gasteiger charge is -2.44. The third kappa shape index (κ3) is 2.38. The fourth-order valence-corrected chi connectivity index (χ4v) is 5.43. The van der Waals surface area contributed by atoms with Gasteiger partial charge in [0.1, 0.15) is 5.76 Å². The fourth-order valence-electron chi connectivity index (χ4n) is 5.43. The lowest BCUT2D eigenvalue weighted by Crippen LogP contribution is -2.59. The minimum absolute atomic E-state index is 0.0167. The van der Waals surface area contributed by atoms with Crippen LogP contribution in [0.2, 0.25) is 0 Å². The van der Waals surface area contributed by atoms with Crippen molar-refractivity contribution in [3.63, 3.8) is 0 Å². The molecule has 0 aromatic rings. The second kappa shape index (κ2) is 6.58. The lowest BCUT2D eigenvalue weighted by atomic mass is 9.67. The summed E-state index contributed by atoms with van der Waals surface area (Å²) >= 11 is 0. The Labute approximate surface area is 159 Å². The van der Waals surface area contributed by atoms with Crippen molar-refractivity contribution in [1.29, 1.82) is 0 Å². The summed E-state index contributed by atoms with van der Waals surface area (Å²) in [6, 6.07) is 0.0244. The molecule has 0 amide bonds. The van der Waals surface area contributed by atoms with Gasteiger partial charge in [-0.3, -0.25) is 9.69 Å². The van der Waals surface area contributed by atoms with Gasteiger partial charge >= 0.3 is 0 Å². The Morgan fingerprint density at radius 1 is 1.37 bits per heavy atom. The Morgan fingerprint density at radius 3 is 2.93 bits per heavy atom. The molecule has 27 heavy (non-hydrogen) atoms. The number of hydrogen-bond donors (Lipinski definition) is 1. The highest BCUT2D eigenvalue weighted by Gasteiger charge is 2.69. The maximum atomic E-state index is 13.7. The van der Waals surface area contributed by atoms with E-state index in [2.05, 4.69) is 17.3 Å². The third-order valence-corrected chi connectivity index (χ3v) is 6.62. The van der Waals surface area contributed by atoms with Crippen molar-refractivity contribution in [2.75, 3.05) is 26.8 Å². The van der Waals surface area contributed by atoms with E-state index < -0.39 is 11.8 Å². The molecule has 2 unspecified atom stereocenters. The average molecular weight is 376 g/mol. The lowest BCUT2D eigenvalue weighted by molar-refractivity contribution is -0.142. The molecule has 5 rings (SSSR count). The minimum atomic E-state index is -1.02. The van der Waals surface area contributed by atoms with E-state index in [1.165, 1.54) is 12.8 Å². The zero-order chi connectivity index (χ0) is 18.6. The Bertz CT molecular complexity index is 698.